The van der Waals surface area contributed by atoms with Crippen LogP contribution >= 0.6 is 22.9 Å². The minimum atomic E-state index is -0.839. The van der Waals surface area contributed by atoms with Crippen LogP contribution in [-0.2, 0) is 19.1 Å². The molecule has 1 aromatic heterocycles. The van der Waals surface area contributed by atoms with Crippen molar-refractivity contribution in [1.29, 1.82) is 5.26 Å². The number of benzene rings is 3. The molecule has 13 nitrogen and oxygen atoms in total. The van der Waals surface area contributed by atoms with Crippen LogP contribution in [0.4, 0.5) is 5.69 Å². The van der Waals surface area contributed by atoms with Crippen molar-refractivity contribution < 1.29 is 28.7 Å². The SMILES string of the molecule is Cc1ncsc1-c1ccc([C@H](C)NC(=O)[C@@H]2CCCN2C(=O)[C@@H](NC(=O)COCCCCNc2ccc(C(=O)N[C@H]3C(C)(C)[C@H](Oc4ccc(C#N)c(Cl)c4)C3(C)C)cc2)C(C)(C)C)cc1. The second kappa shape index (κ2) is 21.0. The second-order valence-corrected chi connectivity index (χ2v) is 21.0. The van der Waals surface area contributed by atoms with E-state index in [9.17, 15) is 24.4 Å². The fourth-order valence-corrected chi connectivity index (χ4v) is 10.5. The molecule has 3 aromatic carbocycles. The van der Waals surface area contributed by atoms with Crippen LogP contribution in [0.2, 0.25) is 5.02 Å². The van der Waals surface area contributed by atoms with E-state index >= 15 is 0 Å². The molecule has 4 aromatic rings. The van der Waals surface area contributed by atoms with Gasteiger partial charge in [-0.25, -0.2) is 4.98 Å². The summed E-state index contributed by atoms with van der Waals surface area (Å²) in [4.78, 5) is 61.2. The first-order valence-corrected chi connectivity index (χ1v) is 24.0. The maximum atomic E-state index is 14.0. The number of unbranched alkanes of at least 4 members (excludes halogenated alkanes) is 1. The maximum Gasteiger partial charge on any atom is 0.251 e. The third-order valence-corrected chi connectivity index (χ3v) is 14.2. The highest BCUT2D eigenvalue weighted by molar-refractivity contribution is 7.13. The Morgan fingerprint density at radius 3 is 2.30 bits per heavy atom. The molecule has 15 heteroatoms. The molecule has 3 atom stereocenters. The molecule has 1 saturated carbocycles. The van der Waals surface area contributed by atoms with Gasteiger partial charge in [-0.15, -0.1) is 11.3 Å². The number of hydrogen-bond acceptors (Lipinski definition) is 10. The third kappa shape index (κ3) is 11.5. The molecule has 2 fully saturated rings. The van der Waals surface area contributed by atoms with Crippen LogP contribution in [0.5, 0.6) is 5.75 Å². The number of amides is 4. The van der Waals surface area contributed by atoms with E-state index < -0.39 is 17.5 Å². The Kier molecular flexibility index (Phi) is 15.9. The van der Waals surface area contributed by atoms with Crippen LogP contribution in [0.1, 0.15) is 114 Å². The van der Waals surface area contributed by atoms with E-state index in [2.05, 4.69) is 60.0 Å². The molecular formula is C51H64ClN7O6S. The fraction of sp³-hybridized carbons (Fsp3) is 0.490. The molecule has 0 bridgehead atoms. The molecule has 4 N–H and O–H groups in total. The monoisotopic (exact) mass is 937 g/mol. The number of anilines is 1. The molecule has 0 unspecified atom stereocenters. The first kappa shape index (κ1) is 49.9. The third-order valence-electron chi connectivity index (χ3n) is 12.9. The molecule has 66 heavy (non-hydrogen) atoms. The lowest BCUT2D eigenvalue weighted by atomic mass is 9.49. The maximum absolute atomic E-state index is 14.0. The van der Waals surface area contributed by atoms with Gasteiger partial charge in [0.05, 0.1) is 32.7 Å². The van der Waals surface area contributed by atoms with Crippen molar-refractivity contribution in [3.8, 4) is 22.3 Å². The summed E-state index contributed by atoms with van der Waals surface area (Å²) in [6.07, 6.45) is 2.53. The van der Waals surface area contributed by atoms with Crippen LogP contribution in [0.25, 0.3) is 10.4 Å². The van der Waals surface area contributed by atoms with Gasteiger partial charge in [-0.05, 0) is 92.5 Å². The lowest BCUT2D eigenvalue weighted by molar-refractivity contribution is -0.164. The van der Waals surface area contributed by atoms with Gasteiger partial charge in [0.2, 0.25) is 17.7 Å². The van der Waals surface area contributed by atoms with Gasteiger partial charge in [0.1, 0.15) is 36.6 Å². The average Bonchev–Trinajstić information content (AvgIpc) is 3.95. The van der Waals surface area contributed by atoms with Gasteiger partial charge >= 0.3 is 0 Å². The fourth-order valence-electron chi connectivity index (χ4n) is 9.49. The first-order valence-electron chi connectivity index (χ1n) is 22.7. The number of nitrogens with zero attached hydrogens (tertiary/aromatic N) is 3. The Bertz CT molecular complexity index is 2390. The van der Waals surface area contributed by atoms with Crippen molar-refractivity contribution in [3.63, 3.8) is 0 Å². The molecule has 1 aliphatic heterocycles. The Morgan fingerprint density at radius 2 is 1.68 bits per heavy atom. The minimum Gasteiger partial charge on any atom is -0.489 e. The molecule has 0 spiro atoms. The Balaban J connectivity index is 0.894. The second-order valence-electron chi connectivity index (χ2n) is 19.7. The number of aromatic nitrogens is 1. The molecule has 2 heterocycles. The number of thiazole rings is 1. The number of hydrogen-bond donors (Lipinski definition) is 4. The predicted molar refractivity (Wildman–Crippen MR) is 259 cm³/mol. The number of carbonyl (C=O) groups excluding carboxylic acids is 4. The van der Waals surface area contributed by atoms with Gasteiger partial charge in [0.15, 0.2) is 0 Å². The van der Waals surface area contributed by atoms with E-state index in [4.69, 9.17) is 21.1 Å². The van der Waals surface area contributed by atoms with Gasteiger partial charge in [0.25, 0.3) is 5.91 Å². The van der Waals surface area contributed by atoms with E-state index in [1.165, 1.54) is 0 Å². The molecule has 1 saturated heterocycles. The predicted octanol–water partition coefficient (Wildman–Crippen LogP) is 8.86. The zero-order valence-electron chi connectivity index (χ0n) is 39.5. The zero-order valence-corrected chi connectivity index (χ0v) is 41.1. The Hall–Kier alpha value is -5.49. The first-order chi connectivity index (χ1) is 31.2. The largest absolute Gasteiger partial charge is 0.489 e. The highest BCUT2D eigenvalue weighted by Gasteiger charge is 2.64. The number of nitriles is 1. The molecule has 352 valence electrons. The van der Waals surface area contributed by atoms with Gasteiger partial charge in [-0.3, -0.25) is 19.2 Å². The molecule has 1 aliphatic carbocycles. The number of nitrogens with one attached hydrogen (secondary N) is 4. The number of rotatable bonds is 18. The number of halogens is 1. The molecule has 0 radical (unpaired) electrons. The van der Waals surface area contributed by atoms with Crippen LogP contribution in [0.15, 0.2) is 72.2 Å². The summed E-state index contributed by atoms with van der Waals surface area (Å²) in [6, 6.07) is 20.7. The van der Waals surface area contributed by atoms with Crippen LogP contribution in [-0.4, -0.2) is 84.0 Å². The highest BCUT2D eigenvalue weighted by atomic mass is 35.5. The normalized spacial score (nSPS) is 19.4. The van der Waals surface area contributed by atoms with E-state index in [1.807, 2.05) is 76.5 Å². The molecule has 2 aliphatic rings. The van der Waals surface area contributed by atoms with Crippen molar-refractivity contribution in [3.05, 3.63) is 99.6 Å². The molecular weight excluding hydrogens is 874 g/mol. The number of ether oxygens (including phenoxy) is 2. The van der Waals surface area contributed by atoms with Crippen molar-refractivity contribution in [2.24, 2.45) is 16.2 Å². The van der Waals surface area contributed by atoms with Crippen molar-refractivity contribution in [2.75, 3.05) is 31.6 Å². The van der Waals surface area contributed by atoms with E-state index in [-0.39, 0.29) is 59.3 Å². The topological polar surface area (TPSA) is 175 Å². The van der Waals surface area contributed by atoms with Crippen molar-refractivity contribution >= 4 is 52.3 Å². The van der Waals surface area contributed by atoms with Crippen molar-refractivity contribution in [2.45, 2.75) is 118 Å². The highest BCUT2D eigenvalue weighted by Crippen LogP contribution is 2.55. The van der Waals surface area contributed by atoms with Gasteiger partial charge < -0.3 is 35.6 Å². The zero-order chi connectivity index (χ0) is 48.0. The van der Waals surface area contributed by atoms with E-state index in [0.717, 1.165) is 33.8 Å². The smallest absolute Gasteiger partial charge is 0.251 e. The van der Waals surface area contributed by atoms with E-state index in [0.29, 0.717) is 60.9 Å². The summed E-state index contributed by atoms with van der Waals surface area (Å²) in [6.45, 7) is 19.2. The summed E-state index contributed by atoms with van der Waals surface area (Å²) in [5, 5.41) is 22.2. The molecule has 6 rings (SSSR count). The minimum absolute atomic E-state index is 0.155. The Labute approximate surface area is 398 Å². The quantitative estimate of drug-likeness (QED) is 0.0711. The summed E-state index contributed by atoms with van der Waals surface area (Å²) in [5.41, 5.74) is 5.32. The standard InChI is InChI=1S/C51H64ClN7O6S/c1-31(33-14-16-34(17-15-33)42-32(2)55-30-66-42)56-45(62)40-13-12-25-59(40)46(63)43(49(3,4)5)57-41(60)29-64-26-11-10-24-54-37-21-18-35(19-22-37)44(61)58-47-50(6,7)48(51(47,8)9)65-38-23-20-36(28-53)39(52)27-38/h14-23,27,30-31,40,43,47-48,54H,10-13,24-26,29H2,1-9H3,(H,56,62)(H,57,60)(H,58,61)/t31-,40-,43+,47-,48-/m0/s1. The lowest BCUT2D eigenvalue weighted by Crippen LogP contribution is -2.74. The summed E-state index contributed by atoms with van der Waals surface area (Å²) < 4.78 is 12.1. The van der Waals surface area contributed by atoms with Gasteiger partial charge in [-0.2, -0.15) is 5.26 Å². The lowest BCUT2D eigenvalue weighted by Gasteiger charge is -2.63. The number of aryl methyl sites for hydroxylation is 1. The summed E-state index contributed by atoms with van der Waals surface area (Å²) in [7, 11) is 0. The molecule has 4 amide bonds. The summed E-state index contributed by atoms with van der Waals surface area (Å²) in [5.74, 6) is -0.455. The number of likely N-dealkylation sites (tertiary alicyclic amines) is 1. The van der Waals surface area contributed by atoms with E-state index in [1.54, 1.807) is 46.6 Å². The Morgan fingerprint density at radius 1 is 0.985 bits per heavy atom. The average molecular weight is 939 g/mol. The van der Waals surface area contributed by atoms with Crippen LogP contribution in [0, 0.1) is 34.5 Å². The van der Waals surface area contributed by atoms with Gasteiger partial charge in [-0.1, -0.05) is 84.3 Å². The van der Waals surface area contributed by atoms with Gasteiger partial charge in [0, 0.05) is 53.9 Å². The van der Waals surface area contributed by atoms with Crippen LogP contribution < -0.4 is 26.0 Å². The number of carbonyl (C=O) groups is 4. The van der Waals surface area contributed by atoms with Crippen molar-refractivity contribution in [1.82, 2.24) is 25.8 Å². The van der Waals surface area contributed by atoms with Crippen LogP contribution in [0.3, 0.4) is 0 Å². The summed E-state index contributed by atoms with van der Waals surface area (Å²) >= 11 is 7.84.